The van der Waals surface area contributed by atoms with Gasteiger partial charge in [-0.1, -0.05) is 31.1 Å². The van der Waals surface area contributed by atoms with E-state index in [4.69, 9.17) is 9.63 Å². The molecule has 0 unspecified atom stereocenters. The molecule has 2 N–H and O–H groups in total. The number of carboxylic acid groups (broad SMARTS) is 1. The van der Waals surface area contributed by atoms with Crippen LogP contribution in [0.4, 0.5) is 5.69 Å². The molecule has 0 aliphatic rings. The lowest BCUT2D eigenvalue weighted by atomic mass is 10.0. The summed E-state index contributed by atoms with van der Waals surface area (Å²) in [5.41, 5.74) is 2.77. The molecule has 0 spiro atoms. The molecular formula is C18H22N2O4S. The number of carbonyl (C=O) groups excluding carboxylic acids is 1. The second-order valence-corrected chi connectivity index (χ2v) is 7.12. The first kappa shape index (κ1) is 19.1. The predicted molar refractivity (Wildman–Crippen MR) is 98.1 cm³/mol. The van der Waals surface area contributed by atoms with Gasteiger partial charge in [0.25, 0.3) is 5.91 Å². The summed E-state index contributed by atoms with van der Waals surface area (Å²) in [6.45, 7) is 5.65. The summed E-state index contributed by atoms with van der Waals surface area (Å²) in [5, 5.41) is 15.4. The quantitative estimate of drug-likeness (QED) is 0.688. The van der Waals surface area contributed by atoms with Crippen LogP contribution in [0.25, 0.3) is 0 Å². The van der Waals surface area contributed by atoms with Crippen LogP contribution in [0.1, 0.15) is 53.6 Å². The van der Waals surface area contributed by atoms with Gasteiger partial charge < -0.3 is 14.9 Å². The number of nitrogens with one attached hydrogen (secondary N) is 1. The molecule has 134 valence electrons. The Morgan fingerprint density at radius 1 is 1.36 bits per heavy atom. The largest absolute Gasteiger partial charge is 0.481 e. The maximum Gasteiger partial charge on any atom is 0.304 e. The summed E-state index contributed by atoms with van der Waals surface area (Å²) in [7, 11) is 0. The Labute approximate surface area is 151 Å². The van der Waals surface area contributed by atoms with Crippen molar-refractivity contribution in [3.05, 3.63) is 46.8 Å². The van der Waals surface area contributed by atoms with Crippen molar-refractivity contribution in [2.45, 2.75) is 38.9 Å². The van der Waals surface area contributed by atoms with Crippen LogP contribution in [0.15, 0.2) is 28.8 Å². The fourth-order valence-corrected chi connectivity index (χ4v) is 3.22. The summed E-state index contributed by atoms with van der Waals surface area (Å²) in [6, 6.07) is 7.53. The van der Waals surface area contributed by atoms with Crippen molar-refractivity contribution < 1.29 is 19.2 Å². The van der Waals surface area contributed by atoms with Crippen molar-refractivity contribution in [2.75, 3.05) is 11.1 Å². The highest BCUT2D eigenvalue weighted by Crippen LogP contribution is 2.24. The molecule has 0 bridgehead atoms. The van der Waals surface area contributed by atoms with E-state index in [0.29, 0.717) is 34.2 Å². The lowest BCUT2D eigenvalue weighted by Gasteiger charge is -2.09. The SMILES string of the molecule is Cc1noc(C(C)C)c1C(=O)Nc1cccc(CSCCC(=O)O)c1. The number of rotatable bonds is 8. The topological polar surface area (TPSA) is 92.4 Å². The minimum atomic E-state index is -0.793. The molecule has 1 heterocycles. The Kier molecular flexibility index (Phi) is 6.64. The average molecular weight is 362 g/mol. The number of aliphatic carboxylic acids is 1. The molecule has 6 nitrogen and oxygen atoms in total. The first-order valence-electron chi connectivity index (χ1n) is 8.04. The van der Waals surface area contributed by atoms with Crippen molar-refractivity contribution in [2.24, 2.45) is 0 Å². The van der Waals surface area contributed by atoms with Gasteiger partial charge in [0.1, 0.15) is 5.56 Å². The Balaban J connectivity index is 2.03. The summed E-state index contributed by atoms with van der Waals surface area (Å²) in [4.78, 5) is 23.1. The smallest absolute Gasteiger partial charge is 0.304 e. The predicted octanol–water partition coefficient (Wildman–Crippen LogP) is 4.07. The van der Waals surface area contributed by atoms with Gasteiger partial charge in [-0.3, -0.25) is 9.59 Å². The van der Waals surface area contributed by atoms with Gasteiger partial charge in [0.15, 0.2) is 5.76 Å². The number of carboxylic acids is 1. The number of aryl methyl sites for hydroxylation is 1. The lowest BCUT2D eigenvalue weighted by Crippen LogP contribution is -2.15. The van der Waals surface area contributed by atoms with Crippen LogP contribution in [0, 0.1) is 6.92 Å². The highest BCUT2D eigenvalue weighted by molar-refractivity contribution is 7.98. The number of benzene rings is 1. The minimum absolute atomic E-state index is 0.0684. The first-order valence-corrected chi connectivity index (χ1v) is 9.20. The molecule has 2 aromatic rings. The number of anilines is 1. The number of amides is 1. The van der Waals surface area contributed by atoms with Gasteiger partial charge in [0.2, 0.25) is 0 Å². The van der Waals surface area contributed by atoms with Crippen molar-refractivity contribution >= 4 is 29.3 Å². The molecule has 1 aromatic carbocycles. The van der Waals surface area contributed by atoms with Gasteiger partial charge in [-0.05, 0) is 24.6 Å². The maximum atomic E-state index is 12.6. The van der Waals surface area contributed by atoms with Gasteiger partial charge in [0.05, 0.1) is 12.1 Å². The lowest BCUT2D eigenvalue weighted by molar-refractivity contribution is -0.136. The Hall–Kier alpha value is -2.28. The number of thioether (sulfide) groups is 1. The van der Waals surface area contributed by atoms with Gasteiger partial charge in [-0.2, -0.15) is 11.8 Å². The van der Waals surface area contributed by atoms with Gasteiger partial charge in [-0.25, -0.2) is 0 Å². The van der Waals surface area contributed by atoms with E-state index in [1.165, 1.54) is 0 Å². The molecule has 0 atom stereocenters. The zero-order valence-corrected chi connectivity index (χ0v) is 15.4. The maximum absolute atomic E-state index is 12.6. The van der Waals surface area contributed by atoms with E-state index >= 15 is 0 Å². The summed E-state index contributed by atoms with van der Waals surface area (Å²) in [6.07, 6.45) is 0.145. The first-order chi connectivity index (χ1) is 11.9. The molecule has 0 radical (unpaired) electrons. The van der Waals surface area contributed by atoms with Crippen molar-refractivity contribution in [1.29, 1.82) is 0 Å². The van der Waals surface area contributed by atoms with Crippen LogP contribution in [-0.2, 0) is 10.5 Å². The van der Waals surface area contributed by atoms with Crippen molar-refractivity contribution in [3.63, 3.8) is 0 Å². The van der Waals surface area contributed by atoms with Gasteiger partial charge >= 0.3 is 5.97 Å². The van der Waals surface area contributed by atoms with Crippen LogP contribution in [0.5, 0.6) is 0 Å². The van der Waals surface area contributed by atoms with E-state index in [1.54, 1.807) is 18.7 Å². The highest BCUT2D eigenvalue weighted by atomic mass is 32.2. The third kappa shape index (κ3) is 5.35. The van der Waals surface area contributed by atoms with Crippen LogP contribution >= 0.6 is 11.8 Å². The van der Waals surface area contributed by atoms with Crippen molar-refractivity contribution in [3.8, 4) is 0 Å². The van der Waals surface area contributed by atoms with E-state index in [2.05, 4.69) is 10.5 Å². The molecule has 1 aromatic heterocycles. The number of hydrogen-bond donors (Lipinski definition) is 2. The Bertz CT molecular complexity index is 755. The molecule has 0 aliphatic heterocycles. The number of carbonyl (C=O) groups is 2. The molecule has 0 aliphatic carbocycles. The molecule has 0 fully saturated rings. The molecule has 2 rings (SSSR count). The minimum Gasteiger partial charge on any atom is -0.481 e. The van der Waals surface area contributed by atoms with Crippen LogP contribution in [0.3, 0.4) is 0 Å². The fourth-order valence-electron chi connectivity index (χ4n) is 2.34. The third-order valence-corrected chi connectivity index (χ3v) is 4.58. The fraction of sp³-hybridized carbons (Fsp3) is 0.389. The highest BCUT2D eigenvalue weighted by Gasteiger charge is 2.22. The second-order valence-electron chi connectivity index (χ2n) is 6.01. The molecule has 7 heteroatoms. The summed E-state index contributed by atoms with van der Waals surface area (Å²) in [5.74, 6) is 0.871. The monoisotopic (exact) mass is 362 g/mol. The molecule has 0 saturated heterocycles. The van der Waals surface area contributed by atoms with E-state index in [-0.39, 0.29) is 18.2 Å². The summed E-state index contributed by atoms with van der Waals surface area (Å²) < 4.78 is 5.26. The van der Waals surface area contributed by atoms with E-state index in [1.807, 2.05) is 38.1 Å². The van der Waals surface area contributed by atoms with E-state index in [9.17, 15) is 9.59 Å². The Morgan fingerprint density at radius 3 is 2.80 bits per heavy atom. The normalized spacial score (nSPS) is 10.9. The summed E-state index contributed by atoms with van der Waals surface area (Å²) >= 11 is 1.55. The Morgan fingerprint density at radius 2 is 2.12 bits per heavy atom. The number of nitrogens with zero attached hydrogens (tertiary/aromatic N) is 1. The number of hydrogen-bond acceptors (Lipinski definition) is 5. The third-order valence-electron chi connectivity index (χ3n) is 3.55. The average Bonchev–Trinajstić information content (AvgIpc) is 2.94. The molecule has 25 heavy (non-hydrogen) atoms. The van der Waals surface area contributed by atoms with Gasteiger partial charge in [0, 0.05) is 23.1 Å². The van der Waals surface area contributed by atoms with Crippen molar-refractivity contribution in [1.82, 2.24) is 5.16 Å². The van der Waals surface area contributed by atoms with Crippen LogP contribution in [-0.4, -0.2) is 27.9 Å². The van der Waals surface area contributed by atoms with E-state index in [0.717, 1.165) is 5.56 Å². The van der Waals surface area contributed by atoms with Crippen LogP contribution < -0.4 is 5.32 Å². The van der Waals surface area contributed by atoms with E-state index < -0.39 is 5.97 Å². The van der Waals surface area contributed by atoms with Gasteiger partial charge in [-0.15, -0.1) is 0 Å². The standard InChI is InChI=1S/C18H22N2O4S/c1-11(2)17-16(12(3)20-24-17)18(23)19-14-6-4-5-13(9-14)10-25-8-7-15(21)22/h4-6,9,11H,7-8,10H2,1-3H3,(H,19,23)(H,21,22). The van der Waals surface area contributed by atoms with Crippen LogP contribution in [0.2, 0.25) is 0 Å². The molecule has 0 saturated carbocycles. The molecular weight excluding hydrogens is 340 g/mol. The second kappa shape index (κ2) is 8.71. The molecule has 1 amide bonds. The number of aromatic nitrogens is 1. The zero-order chi connectivity index (χ0) is 18.4. The zero-order valence-electron chi connectivity index (χ0n) is 14.5.